The van der Waals surface area contributed by atoms with Crippen molar-refractivity contribution < 1.29 is 4.92 Å². The van der Waals surface area contributed by atoms with Crippen LogP contribution in [-0.4, -0.2) is 29.0 Å². The second kappa shape index (κ2) is 7.78. The summed E-state index contributed by atoms with van der Waals surface area (Å²) in [6.07, 6.45) is 7.83. The van der Waals surface area contributed by atoms with Crippen molar-refractivity contribution in [3.63, 3.8) is 0 Å². The van der Waals surface area contributed by atoms with Crippen molar-refractivity contribution in [3.05, 3.63) is 22.2 Å². The van der Waals surface area contributed by atoms with Gasteiger partial charge in [0.1, 0.15) is 5.82 Å². The van der Waals surface area contributed by atoms with Gasteiger partial charge in [-0.25, -0.2) is 4.98 Å². The first-order valence-electron chi connectivity index (χ1n) is 7.55. The molecule has 0 radical (unpaired) electrons. The molecule has 1 aliphatic rings. The predicted molar refractivity (Wildman–Crippen MR) is 83.3 cm³/mol. The average molecular weight is 293 g/mol. The van der Waals surface area contributed by atoms with Crippen LogP contribution in [0.3, 0.4) is 0 Å². The first-order valence-corrected chi connectivity index (χ1v) is 7.55. The molecule has 7 heteroatoms. The van der Waals surface area contributed by atoms with E-state index in [1.807, 2.05) is 0 Å². The van der Waals surface area contributed by atoms with Crippen LogP contribution < -0.4 is 16.4 Å². The Morgan fingerprint density at radius 1 is 1.24 bits per heavy atom. The van der Waals surface area contributed by atoms with E-state index in [4.69, 9.17) is 5.73 Å². The number of hydrogen-bond donors (Lipinski definition) is 3. The van der Waals surface area contributed by atoms with Gasteiger partial charge in [0, 0.05) is 25.2 Å². The molecule has 1 aliphatic carbocycles. The highest BCUT2D eigenvalue weighted by Crippen LogP contribution is 2.20. The Hall–Kier alpha value is -1.89. The highest BCUT2D eigenvalue weighted by molar-refractivity contribution is 5.57. The third kappa shape index (κ3) is 4.86. The largest absolute Gasteiger partial charge is 0.378 e. The first kappa shape index (κ1) is 15.5. The number of nitrogens with two attached hydrogens (primary N) is 1. The van der Waals surface area contributed by atoms with Crippen molar-refractivity contribution in [3.8, 4) is 0 Å². The van der Waals surface area contributed by atoms with Crippen LogP contribution in [0.1, 0.15) is 38.5 Å². The van der Waals surface area contributed by atoms with E-state index in [-0.39, 0.29) is 11.5 Å². The lowest BCUT2D eigenvalue weighted by atomic mass is 10.1. The predicted octanol–water partition coefficient (Wildman–Crippen LogP) is 2.30. The topological polar surface area (TPSA) is 106 Å². The fourth-order valence-electron chi connectivity index (χ4n) is 2.67. The Kier molecular flexibility index (Phi) is 5.74. The second-order valence-corrected chi connectivity index (χ2v) is 5.43. The minimum Gasteiger partial charge on any atom is -0.378 e. The molecule has 1 saturated carbocycles. The Morgan fingerprint density at radius 2 is 1.95 bits per heavy atom. The minimum atomic E-state index is -0.528. The number of aromatic nitrogens is 1. The van der Waals surface area contributed by atoms with Crippen molar-refractivity contribution in [1.82, 2.24) is 10.3 Å². The zero-order chi connectivity index (χ0) is 15.1. The molecule has 0 bridgehead atoms. The molecule has 4 N–H and O–H groups in total. The van der Waals surface area contributed by atoms with E-state index in [0.717, 1.165) is 13.1 Å². The molecule has 1 heterocycles. The first-order chi connectivity index (χ1) is 10.2. The molecule has 0 unspecified atom stereocenters. The number of nitro groups is 1. The maximum absolute atomic E-state index is 10.7. The van der Waals surface area contributed by atoms with Gasteiger partial charge in [0.25, 0.3) is 0 Å². The monoisotopic (exact) mass is 293 g/mol. The molecule has 0 aromatic carbocycles. The maximum Gasteiger partial charge on any atom is 0.311 e. The van der Waals surface area contributed by atoms with Gasteiger partial charge in [0.05, 0.1) is 4.92 Å². The molecule has 1 aromatic heterocycles. The van der Waals surface area contributed by atoms with Crippen molar-refractivity contribution >= 4 is 17.3 Å². The average Bonchev–Trinajstić information content (AvgIpc) is 2.72. The van der Waals surface area contributed by atoms with Gasteiger partial charge in [0.2, 0.25) is 5.82 Å². The number of anilines is 2. The zero-order valence-electron chi connectivity index (χ0n) is 12.2. The van der Waals surface area contributed by atoms with Crippen molar-refractivity contribution in [1.29, 1.82) is 0 Å². The summed E-state index contributed by atoms with van der Waals surface area (Å²) in [6.45, 7) is 1.57. The van der Waals surface area contributed by atoms with E-state index >= 15 is 0 Å². The molecular weight excluding hydrogens is 270 g/mol. The standard InChI is InChI=1S/C14H23N5O2/c15-14-12(19(20)21)7-8-13(18-14)17-10-9-16-11-5-3-1-2-4-6-11/h7-8,11,16H,1-6,9-10H2,(H3,15,17,18). The van der Waals surface area contributed by atoms with E-state index in [9.17, 15) is 10.1 Å². The minimum absolute atomic E-state index is 0.0540. The van der Waals surface area contributed by atoms with E-state index in [2.05, 4.69) is 15.6 Å². The third-order valence-corrected chi connectivity index (χ3v) is 3.82. The number of pyridine rings is 1. The van der Waals surface area contributed by atoms with Crippen LogP contribution in [0.4, 0.5) is 17.3 Å². The molecule has 7 nitrogen and oxygen atoms in total. The Morgan fingerprint density at radius 3 is 2.57 bits per heavy atom. The number of hydrogen-bond acceptors (Lipinski definition) is 6. The molecule has 0 amide bonds. The zero-order valence-corrected chi connectivity index (χ0v) is 12.2. The molecule has 21 heavy (non-hydrogen) atoms. The lowest BCUT2D eigenvalue weighted by molar-refractivity contribution is -0.384. The van der Waals surface area contributed by atoms with Gasteiger partial charge < -0.3 is 16.4 Å². The summed E-state index contributed by atoms with van der Waals surface area (Å²) in [5.74, 6) is 0.516. The molecule has 0 saturated heterocycles. The van der Waals surface area contributed by atoms with Crippen LogP contribution in [0.15, 0.2) is 12.1 Å². The third-order valence-electron chi connectivity index (χ3n) is 3.82. The van der Waals surface area contributed by atoms with Gasteiger partial charge in [0.15, 0.2) is 0 Å². The number of rotatable bonds is 6. The van der Waals surface area contributed by atoms with Crippen LogP contribution in [0.25, 0.3) is 0 Å². The highest BCUT2D eigenvalue weighted by Gasteiger charge is 2.13. The fraction of sp³-hybridized carbons (Fsp3) is 0.643. The van der Waals surface area contributed by atoms with Crippen LogP contribution in [0.2, 0.25) is 0 Å². The van der Waals surface area contributed by atoms with Gasteiger partial charge in [-0.3, -0.25) is 10.1 Å². The van der Waals surface area contributed by atoms with Crippen molar-refractivity contribution in [2.24, 2.45) is 0 Å². The second-order valence-electron chi connectivity index (χ2n) is 5.43. The maximum atomic E-state index is 10.7. The van der Waals surface area contributed by atoms with Gasteiger partial charge in [-0.05, 0) is 18.9 Å². The van der Waals surface area contributed by atoms with Crippen molar-refractivity contribution in [2.45, 2.75) is 44.6 Å². The molecule has 0 aliphatic heterocycles. The van der Waals surface area contributed by atoms with Crippen LogP contribution in [0, 0.1) is 10.1 Å². The van der Waals surface area contributed by atoms with Gasteiger partial charge >= 0.3 is 5.69 Å². The van der Waals surface area contributed by atoms with Gasteiger partial charge in [-0.2, -0.15) is 0 Å². The summed E-state index contributed by atoms with van der Waals surface area (Å²) in [4.78, 5) is 14.1. The van der Waals surface area contributed by atoms with Gasteiger partial charge in [-0.15, -0.1) is 0 Å². The van der Waals surface area contributed by atoms with Crippen molar-refractivity contribution in [2.75, 3.05) is 24.1 Å². The van der Waals surface area contributed by atoms with Crippen LogP contribution in [-0.2, 0) is 0 Å². The molecule has 116 valence electrons. The fourth-order valence-corrected chi connectivity index (χ4v) is 2.67. The van der Waals surface area contributed by atoms with E-state index in [0.29, 0.717) is 11.9 Å². The summed E-state index contributed by atoms with van der Waals surface area (Å²) in [6, 6.07) is 3.58. The quantitative estimate of drug-likeness (QED) is 0.321. The Bertz CT molecular complexity index is 472. The molecule has 2 rings (SSSR count). The van der Waals surface area contributed by atoms with Crippen LogP contribution >= 0.6 is 0 Å². The molecular formula is C14H23N5O2. The van der Waals surface area contributed by atoms with E-state index < -0.39 is 4.92 Å². The number of nitrogen functional groups attached to an aromatic ring is 1. The lowest BCUT2D eigenvalue weighted by Gasteiger charge is -2.16. The summed E-state index contributed by atoms with van der Waals surface area (Å²) < 4.78 is 0. The SMILES string of the molecule is Nc1nc(NCCNC2CCCCCC2)ccc1[N+](=O)[O-]. The number of nitrogens with one attached hydrogen (secondary N) is 2. The van der Waals surface area contributed by atoms with Crippen LogP contribution in [0.5, 0.6) is 0 Å². The van der Waals surface area contributed by atoms with E-state index in [1.165, 1.54) is 44.6 Å². The molecule has 0 atom stereocenters. The summed E-state index contributed by atoms with van der Waals surface area (Å²) in [7, 11) is 0. The Labute approximate surface area is 124 Å². The lowest BCUT2D eigenvalue weighted by Crippen LogP contribution is -2.32. The Balaban J connectivity index is 1.73. The normalized spacial score (nSPS) is 16.4. The summed E-state index contributed by atoms with van der Waals surface area (Å²) in [5, 5.41) is 17.3. The highest BCUT2D eigenvalue weighted by atomic mass is 16.6. The van der Waals surface area contributed by atoms with E-state index in [1.54, 1.807) is 6.07 Å². The smallest absolute Gasteiger partial charge is 0.311 e. The van der Waals surface area contributed by atoms with Gasteiger partial charge in [-0.1, -0.05) is 25.7 Å². The summed E-state index contributed by atoms with van der Waals surface area (Å²) in [5.41, 5.74) is 5.40. The summed E-state index contributed by atoms with van der Waals surface area (Å²) >= 11 is 0. The molecule has 0 spiro atoms. The molecule has 1 aromatic rings. The molecule has 1 fully saturated rings. The number of nitrogens with zero attached hydrogens (tertiary/aromatic N) is 2.